The van der Waals surface area contributed by atoms with E-state index in [2.05, 4.69) is 5.73 Å². The predicted molar refractivity (Wildman–Crippen MR) is 88.3 cm³/mol. The van der Waals surface area contributed by atoms with Crippen LogP contribution in [-0.4, -0.2) is 11.3 Å². The molecule has 6 nitrogen and oxygen atoms in total. The van der Waals surface area contributed by atoms with Gasteiger partial charge in [0, 0.05) is 12.1 Å². The average Bonchev–Trinajstić information content (AvgIpc) is 2.48. The molecule has 2 N–H and O–H groups in total. The minimum atomic E-state index is -0.385. The van der Waals surface area contributed by atoms with Gasteiger partial charge < -0.3 is 10.5 Å². The Morgan fingerprint density at radius 3 is 2.04 bits per heavy atom. The number of ether oxygens (including phenoxy) is 1. The number of nitrogens with two attached hydrogens (primary N) is 1. The van der Waals surface area contributed by atoms with Crippen molar-refractivity contribution in [3.05, 3.63) is 68.8 Å². The summed E-state index contributed by atoms with van der Waals surface area (Å²) in [4.78, 5) is 19.0. The van der Waals surface area contributed by atoms with E-state index in [-0.39, 0.29) is 17.0 Å². The Balaban J connectivity index is 0.000000816. The largest absolute Gasteiger partial charge is 0.488 e. The molecule has 0 saturated heterocycles. The van der Waals surface area contributed by atoms with E-state index in [1.54, 1.807) is 0 Å². The number of amides is 1. The molecule has 0 saturated carbocycles. The second-order valence-corrected chi connectivity index (χ2v) is 5.08. The van der Waals surface area contributed by atoms with Gasteiger partial charge in [-0.05, 0) is 37.5 Å². The fourth-order valence-electron chi connectivity index (χ4n) is 2.10. The van der Waals surface area contributed by atoms with Gasteiger partial charge in [0.15, 0.2) is 0 Å². The molecular formula is C17H20N2O4. The summed E-state index contributed by atoms with van der Waals surface area (Å²) in [6.45, 7) is 6.14. The van der Waals surface area contributed by atoms with Crippen molar-refractivity contribution in [2.75, 3.05) is 0 Å². The molecule has 1 amide bonds. The fourth-order valence-corrected chi connectivity index (χ4v) is 2.10. The molecule has 0 radical (unpaired) electrons. The molecule has 2 aromatic carbocycles. The van der Waals surface area contributed by atoms with E-state index in [0.29, 0.717) is 6.61 Å². The highest BCUT2D eigenvalue weighted by Gasteiger charge is 2.12. The molecule has 23 heavy (non-hydrogen) atoms. The van der Waals surface area contributed by atoms with E-state index in [9.17, 15) is 10.1 Å². The Morgan fingerprint density at radius 2 is 1.61 bits per heavy atom. The summed E-state index contributed by atoms with van der Waals surface area (Å²) in [6.07, 6.45) is 0.250. The smallest absolute Gasteiger partial charge is 0.270 e. The molecule has 0 heterocycles. The summed E-state index contributed by atoms with van der Waals surface area (Å²) in [5, 5.41) is 10.8. The van der Waals surface area contributed by atoms with E-state index in [0.717, 1.165) is 22.4 Å². The average molecular weight is 316 g/mol. The molecule has 0 bridgehead atoms. The number of carbonyl (C=O) groups is 1. The van der Waals surface area contributed by atoms with Gasteiger partial charge in [0.05, 0.1) is 4.92 Å². The first kappa shape index (κ1) is 18.2. The van der Waals surface area contributed by atoms with Crippen molar-refractivity contribution in [1.29, 1.82) is 0 Å². The van der Waals surface area contributed by atoms with Gasteiger partial charge in [-0.15, -0.1) is 0 Å². The van der Waals surface area contributed by atoms with Crippen LogP contribution in [-0.2, 0) is 11.4 Å². The van der Waals surface area contributed by atoms with Crippen molar-refractivity contribution in [2.24, 2.45) is 5.73 Å². The minimum Gasteiger partial charge on any atom is -0.488 e. The van der Waals surface area contributed by atoms with Crippen LogP contribution < -0.4 is 10.5 Å². The van der Waals surface area contributed by atoms with E-state index in [1.807, 2.05) is 45.0 Å². The number of hydrogen-bond acceptors (Lipinski definition) is 4. The van der Waals surface area contributed by atoms with Gasteiger partial charge in [-0.3, -0.25) is 14.9 Å². The molecule has 0 aliphatic rings. The van der Waals surface area contributed by atoms with Crippen LogP contribution >= 0.6 is 0 Å². The maximum atomic E-state index is 10.8. The predicted octanol–water partition coefficient (Wildman–Crippen LogP) is 3.20. The lowest BCUT2D eigenvalue weighted by Crippen LogP contribution is -2.00. The normalized spacial score (nSPS) is 9.52. The first-order valence-electron chi connectivity index (χ1n) is 6.98. The van der Waals surface area contributed by atoms with Crippen LogP contribution in [0.15, 0.2) is 36.4 Å². The summed E-state index contributed by atoms with van der Waals surface area (Å²) < 4.78 is 5.81. The lowest BCUT2D eigenvalue weighted by atomic mass is 10.1. The van der Waals surface area contributed by atoms with Gasteiger partial charge in [-0.25, -0.2) is 0 Å². The zero-order valence-electron chi connectivity index (χ0n) is 13.4. The molecule has 0 atom stereocenters. The maximum absolute atomic E-state index is 10.8. The van der Waals surface area contributed by atoms with Gasteiger partial charge in [-0.2, -0.15) is 0 Å². The van der Waals surface area contributed by atoms with E-state index in [1.165, 1.54) is 17.7 Å². The molecule has 0 aliphatic heterocycles. The molecule has 0 aliphatic carbocycles. The van der Waals surface area contributed by atoms with Crippen LogP contribution in [0.2, 0.25) is 0 Å². The van der Waals surface area contributed by atoms with Crippen LogP contribution in [0.4, 0.5) is 5.69 Å². The molecule has 122 valence electrons. The third kappa shape index (κ3) is 5.43. The number of rotatable bonds is 4. The molecule has 0 fully saturated rings. The molecule has 6 heteroatoms. The molecule has 0 spiro atoms. The minimum absolute atomic E-state index is 0.0997. The monoisotopic (exact) mass is 316 g/mol. The molecule has 2 rings (SSSR count). The van der Waals surface area contributed by atoms with E-state index >= 15 is 0 Å². The van der Waals surface area contributed by atoms with Crippen molar-refractivity contribution in [2.45, 2.75) is 27.4 Å². The fraction of sp³-hybridized carbons (Fsp3) is 0.235. The number of non-ortho nitro benzene ring substituents is 1. The second-order valence-electron chi connectivity index (χ2n) is 5.08. The highest BCUT2D eigenvalue weighted by Crippen LogP contribution is 2.28. The van der Waals surface area contributed by atoms with Crippen molar-refractivity contribution in [1.82, 2.24) is 0 Å². The Kier molecular flexibility index (Phi) is 6.73. The van der Waals surface area contributed by atoms with Gasteiger partial charge in [0.1, 0.15) is 12.4 Å². The number of nitrogens with zero attached hydrogens (tertiary/aromatic N) is 1. The van der Waals surface area contributed by atoms with Gasteiger partial charge in [0.2, 0.25) is 6.41 Å². The van der Waals surface area contributed by atoms with Crippen LogP contribution in [0.3, 0.4) is 0 Å². The Hall–Kier alpha value is -2.89. The van der Waals surface area contributed by atoms with E-state index in [4.69, 9.17) is 9.53 Å². The highest BCUT2D eigenvalue weighted by molar-refractivity contribution is 5.49. The summed E-state index contributed by atoms with van der Waals surface area (Å²) in [6, 6.07) is 11.2. The number of carbonyl (C=O) groups excluding carboxylic acids is 1. The molecule has 2 aromatic rings. The Morgan fingerprint density at radius 1 is 1.13 bits per heavy atom. The maximum Gasteiger partial charge on any atom is 0.270 e. The van der Waals surface area contributed by atoms with Crippen molar-refractivity contribution >= 4 is 12.1 Å². The summed E-state index contributed by atoms with van der Waals surface area (Å²) >= 11 is 0. The highest BCUT2D eigenvalue weighted by atomic mass is 16.6. The quantitative estimate of drug-likeness (QED) is 0.532. The zero-order valence-corrected chi connectivity index (χ0v) is 13.4. The van der Waals surface area contributed by atoms with Crippen LogP contribution in [0.5, 0.6) is 5.75 Å². The number of benzene rings is 2. The van der Waals surface area contributed by atoms with Crippen LogP contribution in [0.1, 0.15) is 22.3 Å². The van der Waals surface area contributed by atoms with Crippen LogP contribution in [0, 0.1) is 30.9 Å². The lowest BCUT2D eigenvalue weighted by Gasteiger charge is -2.12. The van der Waals surface area contributed by atoms with Crippen molar-refractivity contribution < 1.29 is 14.5 Å². The number of nitro groups is 1. The molecule has 0 unspecified atom stereocenters. The van der Waals surface area contributed by atoms with Crippen LogP contribution in [0.25, 0.3) is 0 Å². The lowest BCUT2D eigenvalue weighted by molar-refractivity contribution is -0.385. The Bertz CT molecular complexity index is 658. The second kappa shape index (κ2) is 8.53. The SMILES string of the molecule is Cc1ccc(COc2c(C)cc([N+](=O)[O-])cc2C)cc1.NC=O. The summed E-state index contributed by atoms with van der Waals surface area (Å²) in [5.41, 5.74) is 8.11. The molecule has 0 aromatic heterocycles. The third-order valence-corrected chi connectivity index (χ3v) is 3.16. The van der Waals surface area contributed by atoms with Gasteiger partial charge >= 0.3 is 0 Å². The van der Waals surface area contributed by atoms with Crippen molar-refractivity contribution in [3.63, 3.8) is 0 Å². The van der Waals surface area contributed by atoms with Crippen molar-refractivity contribution in [3.8, 4) is 5.75 Å². The molecular weight excluding hydrogens is 296 g/mol. The first-order chi connectivity index (χ1) is 10.9. The topological polar surface area (TPSA) is 95.5 Å². The standard InChI is InChI=1S/C16H17NO3.CH3NO/c1-11-4-6-14(7-5-11)10-20-16-12(2)8-15(17(18)19)9-13(16)3;2-1-3/h4-9H,10H2,1-3H3;1H,(H2,2,3). The van der Waals surface area contributed by atoms with E-state index < -0.39 is 0 Å². The number of nitro benzene ring substituents is 1. The first-order valence-corrected chi connectivity index (χ1v) is 6.98. The number of hydrogen-bond donors (Lipinski definition) is 1. The third-order valence-electron chi connectivity index (χ3n) is 3.16. The Labute approximate surface area is 135 Å². The summed E-state index contributed by atoms with van der Waals surface area (Å²) in [5.74, 6) is 0.719. The van der Waals surface area contributed by atoms with Gasteiger partial charge in [-0.1, -0.05) is 29.8 Å². The number of primary amides is 1. The summed E-state index contributed by atoms with van der Waals surface area (Å²) in [7, 11) is 0. The zero-order chi connectivity index (χ0) is 17.4. The van der Waals surface area contributed by atoms with Gasteiger partial charge in [0.25, 0.3) is 5.69 Å². The number of aryl methyl sites for hydroxylation is 3.